The molecule has 2 aromatic rings. The van der Waals surface area contributed by atoms with Crippen molar-refractivity contribution in [3.63, 3.8) is 0 Å². The van der Waals surface area contributed by atoms with Crippen molar-refractivity contribution in [2.75, 3.05) is 20.3 Å². The summed E-state index contributed by atoms with van der Waals surface area (Å²) in [7, 11) is 1.62. The lowest BCUT2D eigenvalue weighted by Gasteiger charge is -2.12. The molecule has 0 unspecified atom stereocenters. The second-order valence-electron chi connectivity index (χ2n) is 6.13. The van der Waals surface area contributed by atoms with Crippen LogP contribution in [-0.2, 0) is 4.74 Å². The largest absolute Gasteiger partial charge is 0.383 e. The van der Waals surface area contributed by atoms with Gasteiger partial charge in [-0.05, 0) is 50.1 Å². The third-order valence-electron chi connectivity index (χ3n) is 4.24. The molecule has 0 aliphatic carbocycles. The Labute approximate surface area is 152 Å². The summed E-state index contributed by atoms with van der Waals surface area (Å²) in [5.74, 6) is -0.105. The molecule has 0 bridgehead atoms. The zero-order chi connectivity index (χ0) is 18.0. The maximum atomic E-state index is 12.3. The lowest BCUT2D eigenvalue weighted by Crippen LogP contribution is -2.26. The zero-order valence-corrected chi connectivity index (χ0v) is 15.8. The zero-order valence-electron chi connectivity index (χ0n) is 15.0. The lowest BCUT2D eigenvalue weighted by molar-refractivity contribution is 0.0937. The maximum Gasteiger partial charge on any atom is 0.251 e. The van der Waals surface area contributed by atoms with E-state index in [0.29, 0.717) is 18.7 Å². The number of nitrogens with zero attached hydrogens (tertiary/aromatic N) is 1. The first-order valence-corrected chi connectivity index (χ1v) is 9.08. The minimum Gasteiger partial charge on any atom is -0.383 e. The summed E-state index contributed by atoms with van der Waals surface area (Å²) in [5, 5.41) is 2.85. The van der Waals surface area contributed by atoms with Gasteiger partial charge in [-0.25, -0.2) is 0 Å². The van der Waals surface area contributed by atoms with E-state index in [4.69, 9.17) is 9.73 Å². The molecule has 1 N–H and O–H groups in total. The van der Waals surface area contributed by atoms with E-state index >= 15 is 0 Å². The van der Waals surface area contributed by atoms with Crippen LogP contribution in [0.2, 0.25) is 0 Å². The molecule has 2 aromatic carbocycles. The highest BCUT2D eigenvalue weighted by Crippen LogP contribution is 2.43. The Hall–Kier alpha value is -2.11. The van der Waals surface area contributed by atoms with Crippen molar-refractivity contribution in [2.45, 2.75) is 30.6 Å². The van der Waals surface area contributed by atoms with Gasteiger partial charge < -0.3 is 10.1 Å². The maximum absolute atomic E-state index is 12.3. The van der Waals surface area contributed by atoms with E-state index in [-0.39, 0.29) is 5.91 Å². The molecule has 4 nitrogen and oxygen atoms in total. The van der Waals surface area contributed by atoms with E-state index in [2.05, 4.69) is 31.3 Å². The van der Waals surface area contributed by atoms with Crippen LogP contribution in [-0.4, -0.2) is 31.9 Å². The van der Waals surface area contributed by atoms with Crippen molar-refractivity contribution in [1.82, 2.24) is 5.32 Å². The van der Waals surface area contributed by atoms with Gasteiger partial charge in [0.05, 0.1) is 12.3 Å². The Balaban J connectivity index is 1.98. The molecule has 0 spiro atoms. The fourth-order valence-electron chi connectivity index (χ4n) is 2.91. The molecule has 0 saturated carbocycles. The quantitative estimate of drug-likeness (QED) is 0.834. The summed E-state index contributed by atoms with van der Waals surface area (Å²) in [6.07, 6.45) is 0. The van der Waals surface area contributed by atoms with Crippen LogP contribution in [0, 0.1) is 13.8 Å². The van der Waals surface area contributed by atoms with Crippen LogP contribution in [0.4, 0.5) is 5.69 Å². The number of ether oxygens (including phenoxy) is 1. The van der Waals surface area contributed by atoms with Gasteiger partial charge in [0.1, 0.15) is 0 Å². The van der Waals surface area contributed by atoms with Crippen LogP contribution in [0.15, 0.2) is 45.1 Å². The first kappa shape index (κ1) is 17.7. The molecule has 1 aliphatic heterocycles. The molecule has 1 amide bonds. The average Bonchev–Trinajstić information content (AvgIpc) is 2.74. The third-order valence-corrected chi connectivity index (χ3v) is 5.53. The lowest BCUT2D eigenvalue weighted by atomic mass is 10.0. The molecule has 0 saturated heterocycles. The highest BCUT2D eigenvalue weighted by atomic mass is 32.2. The van der Waals surface area contributed by atoms with Crippen LogP contribution in [0.25, 0.3) is 0 Å². The number of aliphatic imine (C=N–C) groups is 1. The summed E-state index contributed by atoms with van der Waals surface area (Å²) in [4.78, 5) is 19.4. The van der Waals surface area contributed by atoms with E-state index in [1.165, 1.54) is 21.6 Å². The fraction of sp³-hybridized carbons (Fsp3) is 0.300. The molecular weight excluding hydrogens is 332 g/mol. The monoisotopic (exact) mass is 354 g/mol. The SMILES string of the molecule is COCCNC(=O)c1ccc2c(c1)N=C(C)c1c(C)ccc(C)c1S2. The summed E-state index contributed by atoms with van der Waals surface area (Å²) >= 11 is 1.72. The summed E-state index contributed by atoms with van der Waals surface area (Å²) in [5.41, 5.74) is 6.11. The number of hydrogen-bond acceptors (Lipinski definition) is 4. The van der Waals surface area contributed by atoms with Crippen LogP contribution in [0.5, 0.6) is 0 Å². The van der Waals surface area contributed by atoms with Gasteiger partial charge in [0.25, 0.3) is 5.91 Å². The summed E-state index contributed by atoms with van der Waals surface area (Å²) in [6, 6.07) is 9.99. The highest BCUT2D eigenvalue weighted by Gasteiger charge is 2.19. The molecule has 3 rings (SSSR count). The second-order valence-corrected chi connectivity index (χ2v) is 7.19. The van der Waals surface area contributed by atoms with E-state index in [0.717, 1.165) is 16.3 Å². The predicted molar refractivity (Wildman–Crippen MR) is 103 cm³/mol. The summed E-state index contributed by atoms with van der Waals surface area (Å²) < 4.78 is 4.97. The van der Waals surface area contributed by atoms with Crippen LogP contribution < -0.4 is 5.32 Å². The van der Waals surface area contributed by atoms with Crippen molar-refractivity contribution < 1.29 is 9.53 Å². The molecular formula is C20H22N2O2S. The number of nitrogens with one attached hydrogen (secondary N) is 1. The van der Waals surface area contributed by atoms with Crippen molar-refractivity contribution in [3.8, 4) is 0 Å². The Morgan fingerprint density at radius 2 is 1.92 bits per heavy atom. The highest BCUT2D eigenvalue weighted by molar-refractivity contribution is 7.99. The van der Waals surface area contributed by atoms with E-state index < -0.39 is 0 Å². The second kappa shape index (κ2) is 7.42. The normalized spacial score (nSPS) is 12.7. The topological polar surface area (TPSA) is 50.7 Å². The molecule has 1 heterocycles. The van der Waals surface area contributed by atoms with Crippen molar-refractivity contribution >= 4 is 29.1 Å². The number of rotatable bonds is 4. The molecule has 0 atom stereocenters. The Bertz CT molecular complexity index is 859. The minimum atomic E-state index is -0.105. The smallest absolute Gasteiger partial charge is 0.251 e. The van der Waals surface area contributed by atoms with Crippen LogP contribution in [0.1, 0.15) is 34.0 Å². The number of hydrogen-bond donors (Lipinski definition) is 1. The molecule has 0 fully saturated rings. The number of methoxy groups -OCH3 is 1. The molecule has 0 radical (unpaired) electrons. The molecule has 5 heteroatoms. The van der Waals surface area contributed by atoms with E-state index in [9.17, 15) is 4.79 Å². The van der Waals surface area contributed by atoms with E-state index in [1.54, 1.807) is 18.9 Å². The standard InChI is InChI=1S/C20H22N2O2S/c1-12-5-6-13(2)19-18(12)14(3)22-16-11-15(7-8-17(16)25-19)20(23)21-9-10-24-4/h5-8,11H,9-10H2,1-4H3,(H,21,23). The minimum absolute atomic E-state index is 0.105. The molecule has 25 heavy (non-hydrogen) atoms. The Morgan fingerprint density at radius 1 is 1.16 bits per heavy atom. The fourth-order valence-corrected chi connectivity index (χ4v) is 4.12. The van der Waals surface area contributed by atoms with E-state index in [1.807, 2.05) is 25.1 Å². The number of carbonyl (C=O) groups excluding carboxylic acids is 1. The van der Waals surface area contributed by atoms with Crippen molar-refractivity contribution in [2.24, 2.45) is 4.99 Å². The molecule has 0 aromatic heterocycles. The average molecular weight is 354 g/mol. The number of benzene rings is 2. The van der Waals surface area contributed by atoms with Gasteiger partial charge in [0.15, 0.2) is 0 Å². The van der Waals surface area contributed by atoms with Gasteiger partial charge >= 0.3 is 0 Å². The van der Waals surface area contributed by atoms with Gasteiger partial charge in [0, 0.05) is 40.3 Å². The van der Waals surface area contributed by atoms with Gasteiger partial charge in [-0.2, -0.15) is 0 Å². The van der Waals surface area contributed by atoms with Crippen molar-refractivity contribution in [3.05, 3.63) is 52.6 Å². The van der Waals surface area contributed by atoms with Crippen LogP contribution >= 0.6 is 11.8 Å². The first-order chi connectivity index (χ1) is 12.0. The number of aryl methyl sites for hydroxylation is 2. The number of carbonyl (C=O) groups is 1. The van der Waals surface area contributed by atoms with Gasteiger partial charge in [-0.1, -0.05) is 23.9 Å². The van der Waals surface area contributed by atoms with Gasteiger partial charge in [0.2, 0.25) is 0 Å². The first-order valence-electron chi connectivity index (χ1n) is 8.26. The summed E-state index contributed by atoms with van der Waals surface area (Å²) in [6.45, 7) is 7.26. The number of amides is 1. The molecule has 130 valence electrons. The third kappa shape index (κ3) is 3.62. The number of fused-ring (bicyclic) bond motifs is 2. The predicted octanol–water partition coefficient (Wildman–Crippen LogP) is 4.28. The Kier molecular flexibility index (Phi) is 5.25. The van der Waals surface area contributed by atoms with Gasteiger partial charge in [-0.15, -0.1) is 0 Å². The van der Waals surface area contributed by atoms with Crippen molar-refractivity contribution in [1.29, 1.82) is 0 Å². The molecule has 1 aliphatic rings. The van der Waals surface area contributed by atoms with Gasteiger partial charge in [-0.3, -0.25) is 9.79 Å². The Morgan fingerprint density at radius 3 is 2.68 bits per heavy atom. The van der Waals surface area contributed by atoms with Crippen LogP contribution in [0.3, 0.4) is 0 Å².